The maximum Gasteiger partial charge on any atom is 0.240 e. The summed E-state index contributed by atoms with van der Waals surface area (Å²) in [7, 11) is -3.61. The van der Waals surface area contributed by atoms with Crippen LogP contribution in [0.2, 0.25) is 5.02 Å². The van der Waals surface area contributed by atoms with Gasteiger partial charge in [0.1, 0.15) is 0 Å². The Kier molecular flexibility index (Phi) is 6.32. The van der Waals surface area contributed by atoms with Crippen LogP contribution in [-0.2, 0) is 10.0 Å². The van der Waals surface area contributed by atoms with Crippen LogP contribution >= 0.6 is 11.6 Å². The van der Waals surface area contributed by atoms with Crippen molar-refractivity contribution in [1.82, 2.24) is 9.62 Å². The van der Waals surface area contributed by atoms with Gasteiger partial charge in [0.05, 0.1) is 11.0 Å². The Balaban J connectivity index is 1.76. The fraction of sp³-hybridized carbons (Fsp3) is 0.368. The molecule has 3 rings (SSSR count). The third kappa shape index (κ3) is 4.84. The lowest BCUT2D eigenvalue weighted by Crippen LogP contribution is -2.43. The van der Waals surface area contributed by atoms with Gasteiger partial charge in [-0.25, -0.2) is 13.1 Å². The molecule has 0 unspecified atom stereocenters. The van der Waals surface area contributed by atoms with Crippen LogP contribution in [0.3, 0.4) is 0 Å². The molecule has 0 bridgehead atoms. The van der Waals surface area contributed by atoms with Gasteiger partial charge in [0, 0.05) is 30.7 Å². The van der Waals surface area contributed by atoms with E-state index < -0.39 is 10.0 Å². The Morgan fingerprint density at radius 1 is 1.08 bits per heavy atom. The van der Waals surface area contributed by atoms with E-state index in [0.29, 0.717) is 17.9 Å². The summed E-state index contributed by atoms with van der Waals surface area (Å²) >= 11 is 5.84. The number of aliphatic hydroxyl groups excluding tert-OH is 1. The quantitative estimate of drug-likeness (QED) is 0.790. The Bertz CT molecular complexity index is 804. The molecule has 1 saturated heterocycles. The van der Waals surface area contributed by atoms with Crippen LogP contribution in [0.5, 0.6) is 0 Å². The third-order valence-electron chi connectivity index (χ3n) is 4.71. The van der Waals surface area contributed by atoms with Crippen molar-refractivity contribution in [3.8, 4) is 0 Å². The van der Waals surface area contributed by atoms with Crippen LogP contribution < -0.4 is 4.72 Å². The van der Waals surface area contributed by atoms with E-state index in [9.17, 15) is 13.5 Å². The van der Waals surface area contributed by atoms with Crippen molar-refractivity contribution in [1.29, 1.82) is 0 Å². The number of sulfonamides is 1. The largest absolute Gasteiger partial charge is 0.393 e. The molecule has 2 aromatic carbocycles. The van der Waals surface area contributed by atoms with Crippen molar-refractivity contribution in [3.05, 3.63) is 65.2 Å². The summed E-state index contributed by atoms with van der Waals surface area (Å²) in [4.78, 5) is 2.43. The Morgan fingerprint density at radius 3 is 2.31 bits per heavy atom. The summed E-state index contributed by atoms with van der Waals surface area (Å²) in [6.45, 7) is 1.75. The minimum Gasteiger partial charge on any atom is -0.393 e. The van der Waals surface area contributed by atoms with Crippen molar-refractivity contribution in [2.75, 3.05) is 19.6 Å². The zero-order valence-electron chi connectivity index (χ0n) is 14.4. The van der Waals surface area contributed by atoms with Gasteiger partial charge in [0.25, 0.3) is 0 Å². The highest BCUT2D eigenvalue weighted by Gasteiger charge is 2.27. The van der Waals surface area contributed by atoms with Crippen molar-refractivity contribution in [2.24, 2.45) is 0 Å². The molecule has 5 nitrogen and oxygen atoms in total. The molecule has 7 heteroatoms. The second-order valence-corrected chi connectivity index (χ2v) is 8.70. The molecule has 0 amide bonds. The molecule has 0 radical (unpaired) electrons. The van der Waals surface area contributed by atoms with Crippen molar-refractivity contribution >= 4 is 21.6 Å². The fourth-order valence-electron chi connectivity index (χ4n) is 3.22. The summed E-state index contributed by atoms with van der Waals surface area (Å²) in [6.07, 6.45) is 1.13. The van der Waals surface area contributed by atoms with E-state index in [4.69, 9.17) is 11.6 Å². The first-order chi connectivity index (χ1) is 12.5. The van der Waals surface area contributed by atoms with E-state index >= 15 is 0 Å². The number of benzene rings is 2. The zero-order chi connectivity index (χ0) is 18.6. The zero-order valence-corrected chi connectivity index (χ0v) is 16.0. The van der Waals surface area contributed by atoms with Gasteiger partial charge >= 0.3 is 0 Å². The number of likely N-dealkylation sites (tertiary alicyclic amines) is 1. The minimum atomic E-state index is -3.61. The number of rotatable bonds is 6. The van der Waals surface area contributed by atoms with Gasteiger partial charge < -0.3 is 5.11 Å². The summed E-state index contributed by atoms with van der Waals surface area (Å²) in [5, 5.41) is 10.3. The van der Waals surface area contributed by atoms with Crippen molar-refractivity contribution in [2.45, 2.75) is 29.9 Å². The highest BCUT2D eigenvalue weighted by Crippen LogP contribution is 2.25. The molecule has 1 heterocycles. The van der Waals surface area contributed by atoms with E-state index in [1.54, 1.807) is 12.1 Å². The molecule has 1 aliphatic heterocycles. The van der Waals surface area contributed by atoms with E-state index in [0.717, 1.165) is 18.7 Å². The van der Waals surface area contributed by atoms with E-state index in [1.165, 1.54) is 12.1 Å². The summed E-state index contributed by atoms with van der Waals surface area (Å²) in [6, 6.07) is 15.9. The van der Waals surface area contributed by atoms with Crippen molar-refractivity contribution in [3.63, 3.8) is 0 Å². The molecule has 26 heavy (non-hydrogen) atoms. The smallest absolute Gasteiger partial charge is 0.240 e. The molecule has 1 atom stereocenters. The summed E-state index contributed by atoms with van der Waals surface area (Å²) in [5.41, 5.74) is 1.06. The molecule has 0 aliphatic carbocycles. The van der Waals surface area contributed by atoms with Crippen LogP contribution in [0, 0.1) is 0 Å². The van der Waals surface area contributed by atoms with Gasteiger partial charge in [0.2, 0.25) is 10.0 Å². The number of halogens is 1. The first-order valence-corrected chi connectivity index (χ1v) is 10.5. The summed E-state index contributed by atoms with van der Waals surface area (Å²) in [5.74, 6) is 0. The first-order valence-electron chi connectivity index (χ1n) is 8.68. The molecule has 2 N–H and O–H groups in total. The maximum absolute atomic E-state index is 12.6. The third-order valence-corrected chi connectivity index (χ3v) is 6.41. The predicted octanol–water partition coefficient (Wildman–Crippen LogP) is 2.82. The van der Waals surface area contributed by atoms with Gasteiger partial charge in [0.15, 0.2) is 0 Å². The molecule has 1 aliphatic rings. The van der Waals surface area contributed by atoms with E-state index in [2.05, 4.69) is 9.62 Å². The lowest BCUT2D eigenvalue weighted by molar-refractivity contribution is 0.0613. The number of aliphatic hydroxyl groups is 1. The number of hydrogen-bond acceptors (Lipinski definition) is 4. The average molecular weight is 395 g/mol. The maximum atomic E-state index is 12.6. The number of piperidine rings is 1. The van der Waals surface area contributed by atoms with Gasteiger partial charge in [-0.1, -0.05) is 41.9 Å². The highest BCUT2D eigenvalue weighted by atomic mass is 35.5. The van der Waals surface area contributed by atoms with Crippen LogP contribution in [0.1, 0.15) is 24.4 Å². The average Bonchev–Trinajstić information content (AvgIpc) is 2.64. The predicted molar refractivity (Wildman–Crippen MR) is 103 cm³/mol. The molecular weight excluding hydrogens is 372 g/mol. The van der Waals surface area contributed by atoms with Crippen LogP contribution in [0.15, 0.2) is 59.5 Å². The standard InChI is InChI=1S/C19H23ClN2O3S/c20-16-6-8-18(9-7-16)26(24,25)21-14-19(15-4-2-1-3-5-15)22-12-10-17(23)11-13-22/h1-9,17,19,21,23H,10-14H2/t19-/m1/s1. The van der Waals surface area contributed by atoms with Gasteiger partial charge in [-0.15, -0.1) is 0 Å². The molecule has 0 spiro atoms. The molecule has 0 saturated carbocycles. The normalized spacial score (nSPS) is 17.9. The molecule has 0 aromatic heterocycles. The number of nitrogens with zero attached hydrogens (tertiary/aromatic N) is 1. The molecule has 2 aromatic rings. The lowest BCUT2D eigenvalue weighted by Gasteiger charge is -2.36. The Labute approximate surface area is 159 Å². The topological polar surface area (TPSA) is 69.6 Å². The second-order valence-electron chi connectivity index (χ2n) is 6.50. The molecule has 140 valence electrons. The van der Waals surface area contributed by atoms with E-state index in [1.807, 2.05) is 30.3 Å². The second kappa shape index (κ2) is 8.50. The van der Waals surface area contributed by atoms with Crippen LogP contribution in [0.4, 0.5) is 0 Å². The monoisotopic (exact) mass is 394 g/mol. The fourth-order valence-corrected chi connectivity index (χ4v) is 4.38. The van der Waals surface area contributed by atoms with Gasteiger partial charge in [-0.05, 0) is 42.7 Å². The van der Waals surface area contributed by atoms with Gasteiger partial charge in [-0.3, -0.25) is 4.90 Å². The number of hydrogen-bond donors (Lipinski definition) is 2. The molecule has 1 fully saturated rings. The summed E-state index contributed by atoms with van der Waals surface area (Å²) < 4.78 is 27.9. The van der Waals surface area contributed by atoms with Gasteiger partial charge in [-0.2, -0.15) is 0 Å². The van der Waals surface area contributed by atoms with E-state index in [-0.39, 0.29) is 23.6 Å². The Morgan fingerprint density at radius 2 is 1.69 bits per heavy atom. The Hall–Kier alpha value is -1.44. The minimum absolute atomic E-state index is 0.0780. The lowest BCUT2D eigenvalue weighted by atomic mass is 10.0. The van der Waals surface area contributed by atoms with Crippen LogP contribution in [-0.4, -0.2) is 44.2 Å². The first kappa shape index (κ1) is 19.3. The number of nitrogens with one attached hydrogen (secondary N) is 1. The van der Waals surface area contributed by atoms with Crippen molar-refractivity contribution < 1.29 is 13.5 Å². The molecular formula is C19H23ClN2O3S. The SMILES string of the molecule is O=S(=O)(NC[C@H](c1ccccc1)N1CCC(O)CC1)c1ccc(Cl)cc1. The van der Waals surface area contributed by atoms with Crippen LogP contribution in [0.25, 0.3) is 0 Å². The highest BCUT2D eigenvalue weighted by molar-refractivity contribution is 7.89.